The minimum atomic E-state index is 0. The highest BCUT2D eigenvalue weighted by Gasteiger charge is 2.15. The number of benzene rings is 1. The highest BCUT2D eigenvalue weighted by Crippen LogP contribution is 2.05. The molecule has 2 rings (SSSR count). The number of para-hydroxylation sites is 1. The number of rotatable bonds is 4. The standard InChI is InChI=1S/C14H18N2.HI/c1-2-16-12-6-9-14(16)10-11-15-13-7-4-3-5-8-13;/h3-5,7-11,15H,2,6,12H2,1H3;1H. The second kappa shape index (κ2) is 7.50. The van der Waals surface area contributed by atoms with E-state index < -0.39 is 0 Å². The first-order chi connectivity index (χ1) is 7.90. The maximum atomic E-state index is 3.28. The molecular formula is C14H19IN2. The Morgan fingerprint density at radius 2 is 2.06 bits per heavy atom. The van der Waals surface area contributed by atoms with Crippen LogP contribution in [0.2, 0.25) is 0 Å². The zero-order valence-corrected chi connectivity index (χ0v) is 12.3. The van der Waals surface area contributed by atoms with Gasteiger partial charge in [-0.1, -0.05) is 18.2 Å². The van der Waals surface area contributed by atoms with Crippen LogP contribution in [0.4, 0.5) is 5.69 Å². The Hall–Kier alpha value is -0.810. The molecule has 1 heterocycles. The number of hydrogen-bond donors (Lipinski definition) is 2. The molecule has 0 radical (unpaired) electrons. The Kier molecular flexibility index (Phi) is 6.29. The first-order valence-electron chi connectivity index (χ1n) is 5.93. The largest absolute Gasteiger partial charge is 1.00 e. The van der Waals surface area contributed by atoms with Crippen LogP contribution in [0, 0.1) is 0 Å². The van der Waals surface area contributed by atoms with Crippen molar-refractivity contribution >= 4 is 5.69 Å². The summed E-state index contributed by atoms with van der Waals surface area (Å²) in [5.41, 5.74) is 2.54. The molecule has 0 saturated carbocycles. The predicted molar refractivity (Wildman–Crippen MR) is 68.3 cm³/mol. The second-order valence-corrected chi connectivity index (χ2v) is 4.00. The van der Waals surface area contributed by atoms with E-state index in [0.29, 0.717) is 0 Å². The van der Waals surface area contributed by atoms with Crippen molar-refractivity contribution in [3.05, 3.63) is 54.4 Å². The lowest BCUT2D eigenvalue weighted by atomic mass is 10.3. The SMILES string of the molecule is CC[NH+]1CCC=C1C=CNc1ccccc1.[I-]. The smallest absolute Gasteiger partial charge is 0.128 e. The molecule has 17 heavy (non-hydrogen) atoms. The zero-order valence-electron chi connectivity index (χ0n) is 10.1. The summed E-state index contributed by atoms with van der Waals surface area (Å²) in [6.45, 7) is 4.63. The minimum Gasteiger partial charge on any atom is -1.00 e. The van der Waals surface area contributed by atoms with Gasteiger partial charge in [0.2, 0.25) is 0 Å². The molecule has 1 unspecified atom stereocenters. The van der Waals surface area contributed by atoms with Crippen molar-refractivity contribution in [2.45, 2.75) is 13.3 Å². The molecule has 0 aliphatic carbocycles. The van der Waals surface area contributed by atoms with Crippen molar-refractivity contribution in [3.8, 4) is 0 Å². The summed E-state index contributed by atoms with van der Waals surface area (Å²) in [4.78, 5) is 1.58. The molecule has 1 aromatic carbocycles. The average molecular weight is 342 g/mol. The van der Waals surface area contributed by atoms with Gasteiger partial charge in [-0.3, -0.25) is 0 Å². The molecule has 1 aliphatic heterocycles. The average Bonchev–Trinajstić information content (AvgIpc) is 2.78. The fourth-order valence-electron chi connectivity index (χ4n) is 2.02. The molecule has 3 heteroatoms. The van der Waals surface area contributed by atoms with Crippen LogP contribution in [-0.2, 0) is 0 Å². The summed E-state index contributed by atoms with van der Waals surface area (Å²) in [6, 6.07) is 10.2. The Morgan fingerprint density at radius 1 is 1.29 bits per heavy atom. The van der Waals surface area contributed by atoms with E-state index in [1.54, 1.807) is 4.90 Å². The van der Waals surface area contributed by atoms with E-state index in [1.165, 1.54) is 25.2 Å². The lowest BCUT2D eigenvalue weighted by Crippen LogP contribution is -3.08. The van der Waals surface area contributed by atoms with Gasteiger partial charge in [0.25, 0.3) is 0 Å². The summed E-state index contributed by atoms with van der Waals surface area (Å²) >= 11 is 0. The molecule has 92 valence electrons. The molecule has 0 bridgehead atoms. The molecule has 0 saturated heterocycles. The van der Waals surface area contributed by atoms with E-state index >= 15 is 0 Å². The Morgan fingerprint density at radius 3 is 2.76 bits per heavy atom. The van der Waals surface area contributed by atoms with Gasteiger partial charge in [0, 0.05) is 24.4 Å². The topological polar surface area (TPSA) is 16.5 Å². The third-order valence-corrected chi connectivity index (χ3v) is 2.93. The number of anilines is 1. The van der Waals surface area contributed by atoms with E-state index in [2.05, 4.69) is 36.5 Å². The van der Waals surface area contributed by atoms with Gasteiger partial charge in [-0.25, -0.2) is 0 Å². The monoisotopic (exact) mass is 342 g/mol. The van der Waals surface area contributed by atoms with Crippen LogP contribution in [0.5, 0.6) is 0 Å². The van der Waals surface area contributed by atoms with Crippen LogP contribution in [0.1, 0.15) is 13.3 Å². The fourth-order valence-corrected chi connectivity index (χ4v) is 2.02. The lowest BCUT2D eigenvalue weighted by molar-refractivity contribution is -0.849. The number of hydrogen-bond acceptors (Lipinski definition) is 1. The number of halogens is 1. The molecule has 2 N–H and O–H groups in total. The van der Waals surface area contributed by atoms with Crippen LogP contribution in [0.3, 0.4) is 0 Å². The first-order valence-corrected chi connectivity index (χ1v) is 5.93. The van der Waals surface area contributed by atoms with Crippen molar-refractivity contribution < 1.29 is 28.9 Å². The molecule has 1 aliphatic rings. The molecule has 1 atom stereocenters. The number of allylic oxidation sites excluding steroid dienone is 1. The van der Waals surface area contributed by atoms with E-state index in [1.807, 2.05) is 24.4 Å². The number of nitrogens with one attached hydrogen (secondary N) is 2. The highest BCUT2D eigenvalue weighted by atomic mass is 127. The second-order valence-electron chi connectivity index (χ2n) is 4.00. The van der Waals surface area contributed by atoms with Crippen LogP contribution < -0.4 is 34.2 Å². The molecular weight excluding hydrogens is 323 g/mol. The van der Waals surface area contributed by atoms with Gasteiger partial charge in [0.15, 0.2) is 0 Å². The molecule has 2 nitrogen and oxygen atoms in total. The Bertz CT molecular complexity index is 384. The van der Waals surface area contributed by atoms with Gasteiger partial charge in [0.05, 0.1) is 13.1 Å². The van der Waals surface area contributed by atoms with Gasteiger partial charge >= 0.3 is 0 Å². The normalized spacial score (nSPS) is 18.9. The van der Waals surface area contributed by atoms with E-state index in [-0.39, 0.29) is 24.0 Å². The summed E-state index contributed by atoms with van der Waals surface area (Å²) in [7, 11) is 0. The van der Waals surface area contributed by atoms with Crippen molar-refractivity contribution in [2.24, 2.45) is 0 Å². The van der Waals surface area contributed by atoms with Crippen LogP contribution in [-0.4, -0.2) is 13.1 Å². The third kappa shape index (κ3) is 4.16. The van der Waals surface area contributed by atoms with Gasteiger partial charge < -0.3 is 34.2 Å². The summed E-state index contributed by atoms with van der Waals surface area (Å²) < 4.78 is 0. The predicted octanol–water partition coefficient (Wildman–Crippen LogP) is -1.19. The molecule has 0 amide bonds. The van der Waals surface area contributed by atoms with Gasteiger partial charge in [0.1, 0.15) is 5.70 Å². The molecule has 0 aromatic heterocycles. The third-order valence-electron chi connectivity index (χ3n) is 2.93. The Labute approximate surface area is 120 Å². The van der Waals surface area contributed by atoms with Gasteiger partial charge in [-0.05, 0) is 25.1 Å². The summed E-state index contributed by atoms with van der Waals surface area (Å²) in [5, 5.41) is 3.28. The Balaban J connectivity index is 0.00000144. The van der Waals surface area contributed by atoms with E-state index in [4.69, 9.17) is 0 Å². The number of likely N-dealkylation sites (N-methyl/N-ethyl adjacent to an activating group) is 1. The lowest BCUT2D eigenvalue weighted by Gasteiger charge is -2.10. The van der Waals surface area contributed by atoms with Gasteiger partial charge in [-0.15, -0.1) is 0 Å². The van der Waals surface area contributed by atoms with Crippen molar-refractivity contribution in [2.75, 3.05) is 18.4 Å². The maximum absolute atomic E-state index is 3.28. The summed E-state index contributed by atoms with van der Waals surface area (Å²) in [5.74, 6) is 0. The first kappa shape index (κ1) is 14.3. The fraction of sp³-hybridized carbons (Fsp3) is 0.286. The molecule has 0 spiro atoms. The molecule has 0 fully saturated rings. The molecule has 1 aromatic rings. The summed E-state index contributed by atoms with van der Waals surface area (Å²) in [6.07, 6.45) is 7.73. The van der Waals surface area contributed by atoms with E-state index in [9.17, 15) is 0 Å². The maximum Gasteiger partial charge on any atom is 0.128 e. The highest BCUT2D eigenvalue weighted by molar-refractivity contribution is 5.45. The van der Waals surface area contributed by atoms with Crippen LogP contribution in [0.25, 0.3) is 0 Å². The van der Waals surface area contributed by atoms with Crippen molar-refractivity contribution in [3.63, 3.8) is 0 Å². The van der Waals surface area contributed by atoms with Crippen LogP contribution in [0.15, 0.2) is 54.4 Å². The quantitative estimate of drug-likeness (QED) is 0.658. The zero-order chi connectivity index (χ0) is 11.2. The minimum absolute atomic E-state index is 0. The number of quaternary nitrogens is 1. The van der Waals surface area contributed by atoms with Gasteiger partial charge in [-0.2, -0.15) is 0 Å². The van der Waals surface area contributed by atoms with Crippen LogP contribution >= 0.6 is 0 Å². The van der Waals surface area contributed by atoms with E-state index in [0.717, 1.165) is 5.69 Å². The van der Waals surface area contributed by atoms with Crippen molar-refractivity contribution in [1.82, 2.24) is 0 Å². The van der Waals surface area contributed by atoms with Crippen molar-refractivity contribution in [1.29, 1.82) is 0 Å².